The summed E-state index contributed by atoms with van der Waals surface area (Å²) in [6.07, 6.45) is 6.88. The predicted molar refractivity (Wildman–Crippen MR) is 75.5 cm³/mol. The number of piperidine rings is 1. The molecule has 0 amide bonds. The number of nitrogens with zero attached hydrogens (tertiary/aromatic N) is 2. The zero-order valence-electron chi connectivity index (χ0n) is 12.0. The summed E-state index contributed by atoms with van der Waals surface area (Å²) in [6.45, 7) is 6.20. The first kappa shape index (κ1) is 14.9. The predicted octanol–water partition coefficient (Wildman–Crippen LogP) is 1.65. The molecule has 1 heterocycles. The molecule has 1 aliphatic rings. The monoisotopic (exact) mass is 241 g/mol. The van der Waals surface area contributed by atoms with Gasteiger partial charge in [-0.15, -0.1) is 0 Å². The first-order valence-corrected chi connectivity index (χ1v) is 7.22. The van der Waals surface area contributed by atoms with Crippen molar-refractivity contribution >= 4 is 0 Å². The lowest BCUT2D eigenvalue weighted by atomic mass is 9.95. The molecule has 102 valence electrons. The van der Waals surface area contributed by atoms with Gasteiger partial charge in [0.25, 0.3) is 0 Å². The zero-order valence-corrected chi connectivity index (χ0v) is 12.0. The molecule has 1 fully saturated rings. The van der Waals surface area contributed by atoms with Gasteiger partial charge in [0.15, 0.2) is 0 Å². The van der Waals surface area contributed by atoms with Crippen LogP contribution in [0.1, 0.15) is 32.1 Å². The lowest BCUT2D eigenvalue weighted by Crippen LogP contribution is -2.30. The minimum Gasteiger partial charge on any atom is -0.316 e. The van der Waals surface area contributed by atoms with E-state index >= 15 is 0 Å². The molecule has 1 rings (SSSR count). The van der Waals surface area contributed by atoms with Crippen molar-refractivity contribution in [3.63, 3.8) is 0 Å². The maximum Gasteiger partial charge on any atom is -0.000960 e. The van der Waals surface area contributed by atoms with E-state index in [1.807, 2.05) is 0 Å². The Hall–Kier alpha value is -0.120. The van der Waals surface area contributed by atoms with Crippen LogP contribution in [0.2, 0.25) is 0 Å². The first-order valence-electron chi connectivity index (χ1n) is 7.22. The second kappa shape index (κ2) is 8.90. The Kier molecular flexibility index (Phi) is 7.82. The Morgan fingerprint density at radius 3 is 2.47 bits per heavy atom. The lowest BCUT2D eigenvalue weighted by molar-refractivity contribution is 0.276. The summed E-state index contributed by atoms with van der Waals surface area (Å²) >= 11 is 0. The maximum atomic E-state index is 3.50. The van der Waals surface area contributed by atoms with Gasteiger partial charge in [-0.25, -0.2) is 0 Å². The van der Waals surface area contributed by atoms with Gasteiger partial charge >= 0.3 is 0 Å². The first-order chi connectivity index (χ1) is 8.18. The summed E-state index contributed by atoms with van der Waals surface area (Å²) in [5.41, 5.74) is 0. The van der Waals surface area contributed by atoms with Crippen LogP contribution in [-0.4, -0.2) is 63.7 Å². The molecule has 0 aromatic carbocycles. The lowest BCUT2D eigenvalue weighted by Gasteiger charge is -2.24. The van der Waals surface area contributed by atoms with Gasteiger partial charge in [0.2, 0.25) is 0 Å². The van der Waals surface area contributed by atoms with Crippen molar-refractivity contribution in [3.05, 3.63) is 0 Å². The molecule has 0 radical (unpaired) electrons. The summed E-state index contributed by atoms with van der Waals surface area (Å²) in [5, 5.41) is 3.50. The Bertz CT molecular complexity index is 176. The van der Waals surface area contributed by atoms with E-state index < -0.39 is 0 Å². The van der Waals surface area contributed by atoms with E-state index in [0.29, 0.717) is 0 Å². The highest BCUT2D eigenvalue weighted by Crippen LogP contribution is 2.15. The van der Waals surface area contributed by atoms with Crippen molar-refractivity contribution in [3.8, 4) is 0 Å². The minimum atomic E-state index is 0.943. The van der Waals surface area contributed by atoms with Crippen molar-refractivity contribution in [2.24, 2.45) is 5.92 Å². The average Bonchev–Trinajstić information content (AvgIpc) is 2.30. The molecule has 0 aromatic rings. The molecule has 3 nitrogen and oxygen atoms in total. The summed E-state index contributed by atoms with van der Waals surface area (Å²) in [5.74, 6) is 0.943. The smallest absolute Gasteiger partial charge is 0.000960 e. The number of hydrogen-bond donors (Lipinski definition) is 1. The highest BCUT2D eigenvalue weighted by atomic mass is 15.1. The molecular formula is C14H31N3. The third-order valence-corrected chi connectivity index (χ3v) is 3.70. The van der Waals surface area contributed by atoms with E-state index in [1.165, 1.54) is 64.8 Å². The molecule has 0 saturated carbocycles. The van der Waals surface area contributed by atoms with Crippen LogP contribution in [-0.2, 0) is 0 Å². The highest BCUT2D eigenvalue weighted by molar-refractivity contribution is 4.69. The van der Waals surface area contributed by atoms with E-state index in [0.717, 1.165) is 5.92 Å². The van der Waals surface area contributed by atoms with Gasteiger partial charge in [-0.2, -0.15) is 0 Å². The number of hydrogen-bond acceptors (Lipinski definition) is 3. The van der Waals surface area contributed by atoms with Crippen molar-refractivity contribution in [2.75, 3.05) is 53.9 Å². The fraction of sp³-hybridized carbons (Fsp3) is 1.00. The summed E-state index contributed by atoms with van der Waals surface area (Å²) < 4.78 is 0. The standard InChI is InChI=1S/C14H31N3/c1-16(2)10-6-12-17(3)11-5-8-14-7-4-9-15-13-14/h14-15H,4-13H2,1-3H3. The largest absolute Gasteiger partial charge is 0.316 e. The second-order valence-corrected chi connectivity index (χ2v) is 5.81. The van der Waals surface area contributed by atoms with E-state index in [1.54, 1.807) is 0 Å². The molecule has 17 heavy (non-hydrogen) atoms. The number of rotatable bonds is 8. The van der Waals surface area contributed by atoms with Gasteiger partial charge in [-0.1, -0.05) is 0 Å². The molecule has 1 saturated heterocycles. The van der Waals surface area contributed by atoms with Gasteiger partial charge in [0.1, 0.15) is 0 Å². The van der Waals surface area contributed by atoms with Gasteiger partial charge in [0, 0.05) is 0 Å². The highest BCUT2D eigenvalue weighted by Gasteiger charge is 2.12. The fourth-order valence-corrected chi connectivity index (χ4v) is 2.59. The fourth-order valence-electron chi connectivity index (χ4n) is 2.59. The van der Waals surface area contributed by atoms with Crippen LogP contribution >= 0.6 is 0 Å². The van der Waals surface area contributed by atoms with Crippen molar-refractivity contribution in [2.45, 2.75) is 32.1 Å². The van der Waals surface area contributed by atoms with Gasteiger partial charge in [-0.3, -0.25) is 0 Å². The molecule has 0 aromatic heterocycles. The van der Waals surface area contributed by atoms with E-state index in [-0.39, 0.29) is 0 Å². The Morgan fingerprint density at radius 2 is 1.82 bits per heavy atom. The van der Waals surface area contributed by atoms with Crippen LogP contribution in [0.3, 0.4) is 0 Å². The van der Waals surface area contributed by atoms with Gasteiger partial charge in [0.05, 0.1) is 0 Å². The molecule has 0 spiro atoms. The molecule has 1 unspecified atom stereocenters. The zero-order chi connectivity index (χ0) is 12.5. The Balaban J connectivity index is 1.93. The van der Waals surface area contributed by atoms with Crippen LogP contribution in [0.15, 0.2) is 0 Å². The molecule has 3 heteroatoms. The SMILES string of the molecule is CN(C)CCCN(C)CCCC1CCCNC1. The summed E-state index contributed by atoms with van der Waals surface area (Å²) in [7, 11) is 6.56. The van der Waals surface area contributed by atoms with E-state index in [2.05, 4.69) is 36.3 Å². The van der Waals surface area contributed by atoms with Gasteiger partial charge < -0.3 is 15.1 Å². The molecular weight excluding hydrogens is 210 g/mol. The normalized spacial score (nSPS) is 21.4. The Labute approximate surface area is 108 Å². The molecule has 0 aliphatic carbocycles. The van der Waals surface area contributed by atoms with E-state index in [9.17, 15) is 0 Å². The third kappa shape index (κ3) is 7.74. The average molecular weight is 241 g/mol. The van der Waals surface area contributed by atoms with E-state index in [4.69, 9.17) is 0 Å². The van der Waals surface area contributed by atoms with Crippen molar-refractivity contribution < 1.29 is 0 Å². The molecule has 1 atom stereocenters. The van der Waals surface area contributed by atoms with Crippen LogP contribution in [0, 0.1) is 5.92 Å². The summed E-state index contributed by atoms with van der Waals surface area (Å²) in [4.78, 5) is 4.75. The van der Waals surface area contributed by atoms with Crippen molar-refractivity contribution in [1.29, 1.82) is 0 Å². The molecule has 1 N–H and O–H groups in total. The van der Waals surface area contributed by atoms with Crippen LogP contribution in [0.25, 0.3) is 0 Å². The van der Waals surface area contributed by atoms with Crippen LogP contribution in [0.4, 0.5) is 0 Å². The number of nitrogens with one attached hydrogen (secondary N) is 1. The Morgan fingerprint density at radius 1 is 1.06 bits per heavy atom. The van der Waals surface area contributed by atoms with Gasteiger partial charge in [-0.05, 0) is 91.9 Å². The third-order valence-electron chi connectivity index (χ3n) is 3.70. The molecule has 0 bridgehead atoms. The van der Waals surface area contributed by atoms with Crippen LogP contribution in [0.5, 0.6) is 0 Å². The summed E-state index contributed by atoms with van der Waals surface area (Å²) in [6, 6.07) is 0. The minimum absolute atomic E-state index is 0.943. The topological polar surface area (TPSA) is 18.5 Å². The van der Waals surface area contributed by atoms with Crippen molar-refractivity contribution in [1.82, 2.24) is 15.1 Å². The van der Waals surface area contributed by atoms with Crippen LogP contribution < -0.4 is 5.32 Å². The maximum absolute atomic E-state index is 3.50. The molecule has 1 aliphatic heterocycles. The second-order valence-electron chi connectivity index (χ2n) is 5.81. The quantitative estimate of drug-likeness (QED) is 0.697.